The highest BCUT2D eigenvalue weighted by atomic mass is 16.5. The molecule has 2 aliphatic heterocycles. The van der Waals surface area contributed by atoms with Gasteiger partial charge in [-0.05, 0) is 44.5 Å². The van der Waals surface area contributed by atoms with Gasteiger partial charge in [-0.15, -0.1) is 0 Å². The highest BCUT2D eigenvalue weighted by Crippen LogP contribution is 2.31. The van der Waals surface area contributed by atoms with E-state index in [1.165, 1.54) is 37.2 Å². The van der Waals surface area contributed by atoms with Gasteiger partial charge in [0.25, 0.3) is 0 Å². The Morgan fingerprint density at radius 2 is 1.95 bits per heavy atom. The minimum absolute atomic E-state index is 0.210. The Balaban J connectivity index is 1.53. The molecule has 1 fully saturated rings. The van der Waals surface area contributed by atoms with Gasteiger partial charge in [-0.3, -0.25) is 0 Å². The standard InChI is InChI=1S/C18H23N3O/c1-2-6-15(7-3-1)21-17-9-13-22-18(16(17)14-19-21)8-12-20-10-4-5-11-20/h1-3,6-7,14,18H,4-5,8-13H2. The van der Waals surface area contributed by atoms with Gasteiger partial charge >= 0.3 is 0 Å². The molecule has 1 atom stereocenters. The van der Waals surface area contributed by atoms with Gasteiger partial charge in [0, 0.05) is 18.5 Å². The monoisotopic (exact) mass is 297 g/mol. The lowest BCUT2D eigenvalue weighted by molar-refractivity contribution is 0.0300. The zero-order valence-electron chi connectivity index (χ0n) is 12.9. The van der Waals surface area contributed by atoms with Crippen LogP contribution < -0.4 is 0 Å². The van der Waals surface area contributed by atoms with Crippen molar-refractivity contribution in [3.05, 3.63) is 47.8 Å². The van der Waals surface area contributed by atoms with Gasteiger partial charge in [0.1, 0.15) is 0 Å². The van der Waals surface area contributed by atoms with E-state index >= 15 is 0 Å². The Morgan fingerprint density at radius 3 is 2.77 bits per heavy atom. The summed E-state index contributed by atoms with van der Waals surface area (Å²) in [6.07, 6.45) is 6.95. The highest BCUT2D eigenvalue weighted by Gasteiger charge is 2.26. The van der Waals surface area contributed by atoms with E-state index < -0.39 is 0 Å². The summed E-state index contributed by atoms with van der Waals surface area (Å²) in [5.41, 5.74) is 3.75. The topological polar surface area (TPSA) is 30.3 Å². The van der Waals surface area contributed by atoms with Crippen molar-refractivity contribution in [2.75, 3.05) is 26.2 Å². The van der Waals surface area contributed by atoms with Crippen molar-refractivity contribution in [2.45, 2.75) is 31.8 Å². The third-order valence-electron chi connectivity index (χ3n) is 4.81. The fourth-order valence-electron chi connectivity index (χ4n) is 3.63. The Labute approximate surface area is 131 Å². The second-order valence-electron chi connectivity index (χ2n) is 6.24. The molecule has 116 valence electrons. The molecule has 0 radical (unpaired) electrons. The number of fused-ring (bicyclic) bond motifs is 1. The van der Waals surface area contributed by atoms with E-state index in [-0.39, 0.29) is 6.10 Å². The second-order valence-corrected chi connectivity index (χ2v) is 6.24. The van der Waals surface area contributed by atoms with Crippen molar-refractivity contribution in [1.29, 1.82) is 0 Å². The molecule has 0 saturated carbocycles. The SMILES string of the molecule is c1ccc(-n2ncc3c2CCOC3CCN2CCCC2)cc1. The Bertz CT molecular complexity index is 617. The van der Waals surface area contributed by atoms with Gasteiger partial charge in [0.05, 0.1) is 30.3 Å². The first kappa shape index (κ1) is 14.0. The molecule has 1 saturated heterocycles. The van der Waals surface area contributed by atoms with Gasteiger partial charge in [-0.1, -0.05) is 18.2 Å². The molecule has 4 nitrogen and oxygen atoms in total. The molecule has 0 N–H and O–H groups in total. The van der Waals surface area contributed by atoms with E-state index in [9.17, 15) is 0 Å². The van der Waals surface area contributed by atoms with Crippen LogP contribution in [0.4, 0.5) is 0 Å². The predicted molar refractivity (Wildman–Crippen MR) is 86.3 cm³/mol. The maximum Gasteiger partial charge on any atom is 0.0870 e. The van der Waals surface area contributed by atoms with Crippen LogP contribution in [-0.4, -0.2) is 40.9 Å². The zero-order chi connectivity index (χ0) is 14.8. The molecule has 2 aliphatic rings. The van der Waals surface area contributed by atoms with Crippen LogP contribution in [-0.2, 0) is 11.2 Å². The van der Waals surface area contributed by atoms with Crippen LogP contribution in [0.3, 0.4) is 0 Å². The maximum atomic E-state index is 6.03. The molecule has 1 unspecified atom stereocenters. The van der Waals surface area contributed by atoms with E-state index in [0.29, 0.717) is 0 Å². The number of likely N-dealkylation sites (tertiary alicyclic amines) is 1. The lowest BCUT2D eigenvalue weighted by Gasteiger charge is -2.26. The smallest absolute Gasteiger partial charge is 0.0870 e. The fourth-order valence-corrected chi connectivity index (χ4v) is 3.63. The average molecular weight is 297 g/mol. The Kier molecular flexibility index (Phi) is 3.95. The molecule has 2 aromatic rings. The average Bonchev–Trinajstić information content (AvgIpc) is 3.23. The molecule has 0 aliphatic carbocycles. The summed E-state index contributed by atoms with van der Waals surface area (Å²) in [4.78, 5) is 2.55. The minimum Gasteiger partial charge on any atom is -0.373 e. The zero-order valence-corrected chi connectivity index (χ0v) is 12.9. The van der Waals surface area contributed by atoms with Gasteiger partial charge in [-0.2, -0.15) is 5.10 Å². The van der Waals surface area contributed by atoms with Gasteiger partial charge in [-0.25, -0.2) is 4.68 Å². The van der Waals surface area contributed by atoms with Crippen molar-refractivity contribution in [2.24, 2.45) is 0 Å². The molecule has 0 amide bonds. The normalized spacial score (nSPS) is 21.9. The van der Waals surface area contributed by atoms with Gasteiger partial charge < -0.3 is 9.64 Å². The predicted octanol–water partition coefficient (Wildman–Crippen LogP) is 2.97. The molecule has 4 rings (SSSR count). The first-order valence-corrected chi connectivity index (χ1v) is 8.38. The van der Waals surface area contributed by atoms with Crippen molar-refractivity contribution in [3.8, 4) is 5.69 Å². The highest BCUT2D eigenvalue weighted by molar-refractivity contribution is 5.36. The summed E-state index contributed by atoms with van der Waals surface area (Å²) >= 11 is 0. The quantitative estimate of drug-likeness (QED) is 0.869. The van der Waals surface area contributed by atoms with Crippen molar-refractivity contribution < 1.29 is 4.74 Å². The summed E-state index contributed by atoms with van der Waals surface area (Å²) in [5, 5.41) is 4.62. The fraction of sp³-hybridized carbons (Fsp3) is 0.500. The summed E-state index contributed by atoms with van der Waals surface area (Å²) in [5.74, 6) is 0. The first-order chi connectivity index (χ1) is 10.9. The molecule has 4 heteroatoms. The van der Waals surface area contributed by atoms with Crippen LogP contribution >= 0.6 is 0 Å². The molecule has 0 spiro atoms. The number of ether oxygens (including phenoxy) is 1. The van der Waals surface area contributed by atoms with E-state index in [2.05, 4.69) is 38.9 Å². The number of rotatable bonds is 4. The molecule has 3 heterocycles. The lowest BCUT2D eigenvalue weighted by Crippen LogP contribution is -2.25. The third-order valence-corrected chi connectivity index (χ3v) is 4.81. The summed E-state index contributed by atoms with van der Waals surface area (Å²) in [6, 6.07) is 10.4. The van der Waals surface area contributed by atoms with Crippen LogP contribution in [0, 0.1) is 0 Å². The molecule has 0 bridgehead atoms. The minimum atomic E-state index is 0.210. The number of hydrogen-bond acceptors (Lipinski definition) is 3. The van der Waals surface area contributed by atoms with Crippen LogP contribution in [0.2, 0.25) is 0 Å². The van der Waals surface area contributed by atoms with Crippen molar-refractivity contribution >= 4 is 0 Å². The lowest BCUT2D eigenvalue weighted by atomic mass is 10.0. The van der Waals surface area contributed by atoms with Gasteiger partial charge in [0.2, 0.25) is 0 Å². The molecule has 1 aromatic heterocycles. The summed E-state index contributed by atoms with van der Waals surface area (Å²) in [7, 11) is 0. The maximum absolute atomic E-state index is 6.03. The first-order valence-electron chi connectivity index (χ1n) is 8.38. The van der Waals surface area contributed by atoms with Crippen LogP contribution in [0.1, 0.15) is 36.6 Å². The number of nitrogens with zero attached hydrogens (tertiary/aromatic N) is 3. The molecule has 22 heavy (non-hydrogen) atoms. The molecule has 1 aromatic carbocycles. The third kappa shape index (κ3) is 2.69. The largest absolute Gasteiger partial charge is 0.373 e. The van der Waals surface area contributed by atoms with Crippen LogP contribution in [0.25, 0.3) is 5.69 Å². The van der Waals surface area contributed by atoms with Gasteiger partial charge in [0.15, 0.2) is 0 Å². The van der Waals surface area contributed by atoms with Crippen LogP contribution in [0.15, 0.2) is 36.5 Å². The summed E-state index contributed by atoms with van der Waals surface area (Å²) < 4.78 is 8.12. The molecular weight excluding hydrogens is 274 g/mol. The number of benzene rings is 1. The van der Waals surface area contributed by atoms with Crippen LogP contribution in [0.5, 0.6) is 0 Å². The van der Waals surface area contributed by atoms with E-state index in [1.54, 1.807) is 0 Å². The van der Waals surface area contributed by atoms with E-state index in [0.717, 1.165) is 31.7 Å². The number of hydrogen-bond donors (Lipinski definition) is 0. The van der Waals surface area contributed by atoms with E-state index in [4.69, 9.17) is 4.74 Å². The Hall–Kier alpha value is -1.65. The number of para-hydroxylation sites is 1. The Morgan fingerprint density at radius 1 is 1.14 bits per heavy atom. The van der Waals surface area contributed by atoms with Crippen molar-refractivity contribution in [1.82, 2.24) is 14.7 Å². The molecular formula is C18H23N3O. The van der Waals surface area contributed by atoms with E-state index in [1.807, 2.05) is 12.3 Å². The second kappa shape index (κ2) is 6.23. The number of aromatic nitrogens is 2. The van der Waals surface area contributed by atoms with Crippen molar-refractivity contribution in [3.63, 3.8) is 0 Å². The summed E-state index contributed by atoms with van der Waals surface area (Å²) in [6.45, 7) is 4.45.